The van der Waals surface area contributed by atoms with Gasteiger partial charge in [0.1, 0.15) is 23.0 Å². The Bertz CT molecular complexity index is 1280. The fourth-order valence-electron chi connectivity index (χ4n) is 3.62. The molecule has 33 heavy (non-hydrogen) atoms. The molecule has 0 aliphatic heterocycles. The first-order chi connectivity index (χ1) is 15.3. The maximum Gasteiger partial charge on any atom is 0.341 e. The highest BCUT2D eigenvalue weighted by Crippen LogP contribution is 2.35. The van der Waals surface area contributed by atoms with E-state index in [9.17, 15) is 33.0 Å². The molecule has 1 aromatic heterocycles. The number of halogens is 4. The molecule has 0 aliphatic carbocycles. The molecule has 3 aromatic rings. The molecule has 6 nitrogen and oxygen atoms in total. The molecule has 176 valence electrons. The number of anilines is 1. The Morgan fingerprint density at radius 2 is 1.76 bits per heavy atom. The summed E-state index contributed by atoms with van der Waals surface area (Å²) in [4.78, 5) is 24.6. The molecule has 3 N–H and O–H groups in total. The summed E-state index contributed by atoms with van der Waals surface area (Å²) in [7, 11) is 0. The number of aromatic carboxylic acids is 1. The van der Waals surface area contributed by atoms with Crippen LogP contribution in [0.15, 0.2) is 35.3 Å². The van der Waals surface area contributed by atoms with Crippen LogP contribution < -0.4 is 10.7 Å². The van der Waals surface area contributed by atoms with Crippen molar-refractivity contribution in [1.82, 2.24) is 4.57 Å². The molecule has 0 aliphatic rings. The molecule has 1 heterocycles. The number of aromatic nitrogens is 1. The third kappa shape index (κ3) is 4.84. The van der Waals surface area contributed by atoms with Gasteiger partial charge in [0.05, 0.1) is 28.9 Å². The fraction of sp³-hybridized carbons (Fsp3) is 0.304. The van der Waals surface area contributed by atoms with E-state index < -0.39 is 58.0 Å². The van der Waals surface area contributed by atoms with Crippen LogP contribution in [-0.2, 0) is 6.54 Å². The van der Waals surface area contributed by atoms with Gasteiger partial charge in [-0.15, -0.1) is 0 Å². The number of benzene rings is 2. The molecular weight excluding hydrogens is 461 g/mol. The molecule has 0 amide bonds. The molecule has 0 fully saturated rings. The van der Waals surface area contributed by atoms with Gasteiger partial charge in [-0.1, -0.05) is 32.4 Å². The third-order valence-corrected chi connectivity index (χ3v) is 5.73. The van der Waals surface area contributed by atoms with Crippen LogP contribution in [0.25, 0.3) is 10.9 Å². The maximum atomic E-state index is 14.0. The Labute approximate surface area is 192 Å². The number of aliphatic hydroxyl groups is 1. The van der Waals surface area contributed by atoms with Crippen LogP contribution in [0.4, 0.5) is 18.9 Å². The molecule has 3 rings (SSSR count). The second kappa shape index (κ2) is 9.07. The number of fused-ring (bicyclic) bond motifs is 1. The van der Waals surface area contributed by atoms with Crippen molar-refractivity contribution in [2.24, 2.45) is 5.41 Å². The Balaban J connectivity index is 2.17. The lowest BCUT2D eigenvalue weighted by molar-refractivity contribution is 0.0692. The number of hydrogen-bond acceptors (Lipinski definition) is 4. The highest BCUT2D eigenvalue weighted by atomic mass is 35.5. The van der Waals surface area contributed by atoms with Gasteiger partial charge in [-0.25, -0.2) is 18.0 Å². The number of carboxylic acids is 1. The second-order valence-corrected chi connectivity index (χ2v) is 9.11. The van der Waals surface area contributed by atoms with Gasteiger partial charge >= 0.3 is 5.97 Å². The lowest BCUT2D eigenvalue weighted by Gasteiger charge is -2.33. The van der Waals surface area contributed by atoms with Crippen molar-refractivity contribution in [3.63, 3.8) is 0 Å². The zero-order valence-corrected chi connectivity index (χ0v) is 18.8. The summed E-state index contributed by atoms with van der Waals surface area (Å²) in [6.45, 7) is 4.81. The number of carboxylic acid groups (broad SMARTS) is 1. The summed E-state index contributed by atoms with van der Waals surface area (Å²) < 4.78 is 42.6. The van der Waals surface area contributed by atoms with E-state index in [1.54, 1.807) is 0 Å². The average molecular weight is 483 g/mol. The Kier molecular flexibility index (Phi) is 6.76. The Morgan fingerprint density at radius 1 is 1.15 bits per heavy atom. The molecular formula is C23H22ClF3N2O4. The van der Waals surface area contributed by atoms with Crippen LogP contribution in [0.3, 0.4) is 0 Å². The molecule has 0 bridgehead atoms. The minimum Gasteiger partial charge on any atom is -0.477 e. The van der Waals surface area contributed by atoms with E-state index >= 15 is 0 Å². The minimum absolute atomic E-state index is 0.00968. The van der Waals surface area contributed by atoms with Gasteiger partial charge in [-0.3, -0.25) is 4.79 Å². The molecule has 0 saturated carbocycles. The summed E-state index contributed by atoms with van der Waals surface area (Å²) in [6, 6.07) is 3.20. The van der Waals surface area contributed by atoms with Crippen molar-refractivity contribution in [2.45, 2.75) is 33.4 Å². The molecule has 0 spiro atoms. The summed E-state index contributed by atoms with van der Waals surface area (Å²) in [6.07, 6.45) is 1.17. The number of pyridine rings is 1. The molecule has 10 heteroatoms. The monoisotopic (exact) mass is 482 g/mol. The van der Waals surface area contributed by atoms with Gasteiger partial charge in [-0.2, -0.15) is 0 Å². The van der Waals surface area contributed by atoms with E-state index in [0.29, 0.717) is 12.1 Å². The molecule has 1 atom stereocenters. The normalized spacial score (nSPS) is 12.7. The van der Waals surface area contributed by atoms with Crippen molar-refractivity contribution in [3.05, 3.63) is 74.3 Å². The Morgan fingerprint density at radius 3 is 2.27 bits per heavy atom. The standard InChI is InChI=1S/C23H22ClF3N2O4/c1-23(2,3)20(10-30)29-9-14(22(32)33)21(31)12-6-18(15(24)7-19(12)29)28-8-13-16(26)4-11(25)5-17(13)27/h4-7,9,20,28,30H,8,10H2,1-3H3,(H,32,33)/t20-/m1/s1. The van der Waals surface area contributed by atoms with E-state index in [0.717, 1.165) is 0 Å². The smallest absolute Gasteiger partial charge is 0.341 e. The van der Waals surface area contributed by atoms with Gasteiger partial charge < -0.3 is 20.1 Å². The van der Waals surface area contributed by atoms with Crippen LogP contribution in [0.1, 0.15) is 42.7 Å². The number of hydrogen-bond donors (Lipinski definition) is 3. The summed E-state index contributed by atoms with van der Waals surface area (Å²) in [5, 5.41) is 22.3. The molecule has 0 radical (unpaired) electrons. The van der Waals surface area contributed by atoms with Gasteiger partial charge in [0.2, 0.25) is 5.43 Å². The van der Waals surface area contributed by atoms with E-state index in [1.807, 2.05) is 20.8 Å². The van der Waals surface area contributed by atoms with Crippen LogP contribution >= 0.6 is 11.6 Å². The largest absolute Gasteiger partial charge is 0.477 e. The highest BCUT2D eigenvalue weighted by molar-refractivity contribution is 6.34. The van der Waals surface area contributed by atoms with Gasteiger partial charge in [0.25, 0.3) is 0 Å². The average Bonchev–Trinajstić information content (AvgIpc) is 2.68. The summed E-state index contributed by atoms with van der Waals surface area (Å²) in [5.41, 5.74) is -1.82. The molecule has 0 saturated heterocycles. The molecule has 0 unspecified atom stereocenters. The van der Waals surface area contributed by atoms with Gasteiger partial charge in [-0.05, 0) is 17.5 Å². The number of nitrogens with zero attached hydrogens (tertiary/aromatic N) is 1. The number of rotatable bonds is 6. The van der Waals surface area contributed by atoms with Crippen LogP contribution in [0.2, 0.25) is 5.02 Å². The van der Waals surface area contributed by atoms with Crippen molar-refractivity contribution < 1.29 is 28.2 Å². The first-order valence-electron chi connectivity index (χ1n) is 9.95. The summed E-state index contributed by atoms with van der Waals surface area (Å²) in [5.74, 6) is -4.69. The van der Waals surface area contributed by atoms with Crippen LogP contribution in [0.5, 0.6) is 0 Å². The number of nitrogens with one attached hydrogen (secondary N) is 1. The first-order valence-corrected chi connectivity index (χ1v) is 10.3. The maximum absolute atomic E-state index is 14.0. The molecule has 2 aromatic carbocycles. The minimum atomic E-state index is -1.44. The number of aliphatic hydroxyl groups excluding tert-OH is 1. The van der Waals surface area contributed by atoms with E-state index in [2.05, 4.69) is 5.32 Å². The van der Waals surface area contributed by atoms with Crippen molar-refractivity contribution in [2.75, 3.05) is 11.9 Å². The third-order valence-electron chi connectivity index (χ3n) is 5.42. The lowest BCUT2D eigenvalue weighted by atomic mass is 9.86. The first kappa shape index (κ1) is 24.6. The summed E-state index contributed by atoms with van der Waals surface area (Å²) >= 11 is 6.36. The fourth-order valence-corrected chi connectivity index (χ4v) is 3.84. The van der Waals surface area contributed by atoms with E-state index in [4.69, 9.17) is 11.6 Å². The highest BCUT2D eigenvalue weighted by Gasteiger charge is 2.28. The zero-order valence-electron chi connectivity index (χ0n) is 18.0. The van der Waals surface area contributed by atoms with Gasteiger partial charge in [0, 0.05) is 35.8 Å². The van der Waals surface area contributed by atoms with Gasteiger partial charge in [0.15, 0.2) is 0 Å². The lowest BCUT2D eigenvalue weighted by Crippen LogP contribution is -2.30. The van der Waals surface area contributed by atoms with Crippen LogP contribution in [-0.4, -0.2) is 27.4 Å². The van der Waals surface area contributed by atoms with Crippen LogP contribution in [0, 0.1) is 22.9 Å². The SMILES string of the molecule is CC(C)(C)[C@@H](CO)n1cc(C(=O)O)c(=O)c2cc(NCc3c(F)cc(F)cc3F)c(Cl)cc21. The Hall–Kier alpha value is -3.04. The zero-order chi connectivity index (χ0) is 24.7. The van der Waals surface area contributed by atoms with Crippen molar-refractivity contribution >= 4 is 34.2 Å². The predicted octanol–water partition coefficient (Wildman–Crippen LogP) is 4.96. The van der Waals surface area contributed by atoms with Crippen molar-refractivity contribution in [1.29, 1.82) is 0 Å². The quantitative estimate of drug-likeness (QED) is 0.462. The van der Waals surface area contributed by atoms with E-state index in [-0.39, 0.29) is 28.2 Å². The van der Waals surface area contributed by atoms with E-state index in [1.165, 1.54) is 22.9 Å². The van der Waals surface area contributed by atoms with Crippen molar-refractivity contribution in [3.8, 4) is 0 Å². The number of carbonyl (C=O) groups is 1. The second-order valence-electron chi connectivity index (χ2n) is 8.70. The topological polar surface area (TPSA) is 91.6 Å². The predicted molar refractivity (Wildman–Crippen MR) is 119 cm³/mol.